The van der Waals surface area contributed by atoms with Crippen LogP contribution in [0.2, 0.25) is 0 Å². The summed E-state index contributed by atoms with van der Waals surface area (Å²) in [6.45, 7) is 13.6. The maximum absolute atomic E-state index is 3.17. The highest BCUT2D eigenvalue weighted by atomic mass is 14.8. The molecule has 0 spiro atoms. The molecule has 0 radical (unpaired) electrons. The summed E-state index contributed by atoms with van der Waals surface area (Å²) >= 11 is 0. The number of hydrogen-bond donors (Lipinski definition) is 1. The Hall–Kier alpha value is -1.76. The van der Waals surface area contributed by atoms with Gasteiger partial charge in [-0.15, -0.1) is 0 Å². The first-order valence-corrected chi connectivity index (χ1v) is 8.14. The van der Waals surface area contributed by atoms with E-state index in [0.717, 1.165) is 6.42 Å². The lowest BCUT2D eigenvalue weighted by molar-refractivity contribution is 0.343. The number of allylic oxidation sites excluding steroid dienone is 10. The second-order valence-corrected chi connectivity index (χ2v) is 7.42. The monoisotopic (exact) mass is 295 g/mol. The van der Waals surface area contributed by atoms with Crippen LogP contribution >= 0.6 is 0 Å². The zero-order valence-corrected chi connectivity index (χ0v) is 14.8. The predicted molar refractivity (Wildman–Crippen MR) is 97.3 cm³/mol. The maximum Gasteiger partial charge on any atom is 0.0186 e. The molecular weight excluding hydrogens is 266 g/mol. The Morgan fingerprint density at radius 1 is 1.14 bits per heavy atom. The van der Waals surface area contributed by atoms with Crippen molar-refractivity contribution in [2.24, 2.45) is 10.8 Å². The first-order chi connectivity index (χ1) is 10.3. The Bertz CT molecular complexity index is 616. The molecule has 1 atom stereocenters. The molecule has 0 aromatic rings. The maximum atomic E-state index is 3.17. The minimum atomic E-state index is 0.0441. The Morgan fingerprint density at radius 3 is 2.50 bits per heavy atom. The minimum Gasteiger partial charge on any atom is -0.368 e. The Morgan fingerprint density at radius 2 is 1.86 bits per heavy atom. The SMILES string of the molecule is C/C=C\C1=C(C=C(C)C)C(C)(C2=CC=CNC=C2)CC1(C)C. The quantitative estimate of drug-likeness (QED) is 0.692. The van der Waals surface area contributed by atoms with Gasteiger partial charge in [0.05, 0.1) is 0 Å². The van der Waals surface area contributed by atoms with Crippen molar-refractivity contribution >= 4 is 0 Å². The molecule has 1 heterocycles. The van der Waals surface area contributed by atoms with E-state index in [9.17, 15) is 0 Å². The molecule has 0 saturated heterocycles. The van der Waals surface area contributed by atoms with Crippen molar-refractivity contribution in [2.75, 3.05) is 0 Å². The third-order valence-corrected chi connectivity index (χ3v) is 4.64. The van der Waals surface area contributed by atoms with Gasteiger partial charge >= 0.3 is 0 Å². The highest BCUT2D eigenvalue weighted by molar-refractivity contribution is 5.54. The molecule has 1 aliphatic heterocycles. The van der Waals surface area contributed by atoms with E-state index in [-0.39, 0.29) is 10.8 Å². The van der Waals surface area contributed by atoms with Crippen molar-refractivity contribution in [1.82, 2.24) is 5.32 Å². The predicted octanol–water partition coefficient (Wildman–Crippen LogP) is 5.82. The third kappa shape index (κ3) is 3.04. The van der Waals surface area contributed by atoms with Crippen LogP contribution in [0.5, 0.6) is 0 Å². The van der Waals surface area contributed by atoms with Gasteiger partial charge in [-0.2, -0.15) is 0 Å². The van der Waals surface area contributed by atoms with Gasteiger partial charge in [0.25, 0.3) is 0 Å². The first-order valence-electron chi connectivity index (χ1n) is 8.14. The molecule has 118 valence electrons. The van der Waals surface area contributed by atoms with Gasteiger partial charge in [-0.3, -0.25) is 0 Å². The summed E-state index contributed by atoms with van der Waals surface area (Å²) in [4.78, 5) is 0. The van der Waals surface area contributed by atoms with E-state index < -0.39 is 0 Å². The first kappa shape index (κ1) is 16.6. The molecule has 0 aromatic carbocycles. The van der Waals surface area contributed by atoms with Gasteiger partial charge in [0.15, 0.2) is 0 Å². The van der Waals surface area contributed by atoms with Crippen LogP contribution in [0.1, 0.15) is 48.0 Å². The Labute approximate surface area is 135 Å². The van der Waals surface area contributed by atoms with Crippen molar-refractivity contribution in [3.8, 4) is 0 Å². The molecule has 2 aliphatic rings. The largest absolute Gasteiger partial charge is 0.368 e. The summed E-state index contributed by atoms with van der Waals surface area (Å²) in [5, 5.41) is 3.17. The van der Waals surface area contributed by atoms with Crippen molar-refractivity contribution in [1.29, 1.82) is 0 Å². The van der Waals surface area contributed by atoms with E-state index in [1.807, 2.05) is 12.4 Å². The van der Waals surface area contributed by atoms with E-state index in [2.05, 4.69) is 83.3 Å². The van der Waals surface area contributed by atoms with Gasteiger partial charge in [-0.25, -0.2) is 0 Å². The molecule has 0 saturated carbocycles. The Balaban J connectivity index is 2.67. The third-order valence-electron chi connectivity index (χ3n) is 4.64. The summed E-state index contributed by atoms with van der Waals surface area (Å²) in [6, 6.07) is 0. The van der Waals surface area contributed by atoms with Crippen LogP contribution in [-0.4, -0.2) is 0 Å². The van der Waals surface area contributed by atoms with Gasteiger partial charge in [-0.05, 0) is 61.5 Å². The molecule has 0 bridgehead atoms. The molecule has 0 amide bonds. The molecule has 1 heteroatoms. The number of rotatable bonds is 3. The topological polar surface area (TPSA) is 12.0 Å². The van der Waals surface area contributed by atoms with Crippen molar-refractivity contribution in [2.45, 2.75) is 48.0 Å². The average Bonchev–Trinajstić information content (AvgIpc) is 2.65. The van der Waals surface area contributed by atoms with Crippen LogP contribution in [-0.2, 0) is 0 Å². The zero-order valence-electron chi connectivity index (χ0n) is 14.8. The molecule has 0 aromatic heterocycles. The number of nitrogens with one attached hydrogen (secondary N) is 1. The minimum absolute atomic E-state index is 0.0441. The van der Waals surface area contributed by atoms with E-state index in [0.29, 0.717) is 0 Å². The fourth-order valence-electron chi connectivity index (χ4n) is 3.83. The highest BCUT2D eigenvalue weighted by Crippen LogP contribution is 2.57. The van der Waals surface area contributed by atoms with Crippen molar-refractivity contribution in [3.63, 3.8) is 0 Å². The lowest BCUT2D eigenvalue weighted by Gasteiger charge is -2.31. The van der Waals surface area contributed by atoms with Crippen LogP contribution in [0.3, 0.4) is 0 Å². The lowest BCUT2D eigenvalue weighted by atomic mass is 9.72. The van der Waals surface area contributed by atoms with Crippen LogP contribution < -0.4 is 5.32 Å². The second kappa shape index (κ2) is 6.16. The Kier molecular flexibility index (Phi) is 4.65. The highest BCUT2D eigenvalue weighted by Gasteiger charge is 2.46. The molecule has 0 fully saturated rings. The molecule has 1 aliphatic carbocycles. The second-order valence-electron chi connectivity index (χ2n) is 7.42. The van der Waals surface area contributed by atoms with E-state index in [4.69, 9.17) is 0 Å². The zero-order chi connectivity index (χ0) is 16.4. The van der Waals surface area contributed by atoms with Crippen LogP contribution in [0, 0.1) is 10.8 Å². The number of hydrogen-bond acceptors (Lipinski definition) is 1. The van der Waals surface area contributed by atoms with Gasteiger partial charge in [0.1, 0.15) is 0 Å². The normalized spacial score (nSPS) is 26.9. The van der Waals surface area contributed by atoms with Gasteiger partial charge < -0.3 is 5.32 Å². The summed E-state index contributed by atoms with van der Waals surface area (Å²) in [5.41, 5.74) is 5.88. The summed E-state index contributed by atoms with van der Waals surface area (Å²) in [7, 11) is 0. The average molecular weight is 295 g/mol. The molecule has 1 unspecified atom stereocenters. The van der Waals surface area contributed by atoms with Crippen LogP contribution in [0.4, 0.5) is 0 Å². The molecule has 1 nitrogen and oxygen atoms in total. The summed E-state index contributed by atoms with van der Waals surface area (Å²) in [6.07, 6.45) is 18.5. The van der Waals surface area contributed by atoms with Gasteiger partial charge in [0, 0.05) is 17.8 Å². The summed E-state index contributed by atoms with van der Waals surface area (Å²) < 4.78 is 0. The fraction of sp³-hybridized carbons (Fsp3) is 0.429. The van der Waals surface area contributed by atoms with E-state index >= 15 is 0 Å². The molecule has 2 rings (SSSR count). The van der Waals surface area contributed by atoms with Crippen LogP contribution in [0.15, 0.2) is 71.1 Å². The molecule has 1 N–H and O–H groups in total. The standard InChI is InChI=1S/C21H29N/c1-7-9-18-19(14-16(2)3)21(6,15-20(18,4)5)17-10-8-12-22-13-11-17/h7-14,22H,15H2,1-6H3/b9-7-. The molecular formula is C21H29N. The fourth-order valence-corrected chi connectivity index (χ4v) is 3.83. The van der Waals surface area contributed by atoms with Gasteiger partial charge in [-0.1, -0.05) is 50.6 Å². The van der Waals surface area contributed by atoms with Crippen molar-refractivity contribution in [3.05, 3.63) is 71.1 Å². The molecule has 22 heavy (non-hydrogen) atoms. The van der Waals surface area contributed by atoms with E-state index in [1.165, 1.54) is 22.3 Å². The summed E-state index contributed by atoms with van der Waals surface area (Å²) in [5.74, 6) is 0. The van der Waals surface area contributed by atoms with Crippen LogP contribution in [0.25, 0.3) is 0 Å². The smallest absolute Gasteiger partial charge is 0.0186 e. The van der Waals surface area contributed by atoms with Gasteiger partial charge in [0.2, 0.25) is 0 Å². The van der Waals surface area contributed by atoms with Crippen molar-refractivity contribution < 1.29 is 0 Å². The lowest BCUT2D eigenvalue weighted by Crippen LogP contribution is -2.21. The van der Waals surface area contributed by atoms with E-state index in [1.54, 1.807) is 0 Å².